The van der Waals surface area contributed by atoms with Crippen LogP contribution < -0.4 is 14.8 Å². The van der Waals surface area contributed by atoms with Crippen molar-refractivity contribution in [2.45, 2.75) is 19.8 Å². The zero-order chi connectivity index (χ0) is 19.1. The predicted molar refractivity (Wildman–Crippen MR) is 98.9 cm³/mol. The molecule has 0 aliphatic rings. The van der Waals surface area contributed by atoms with E-state index in [4.69, 9.17) is 9.47 Å². The van der Waals surface area contributed by atoms with Crippen molar-refractivity contribution in [2.75, 3.05) is 20.8 Å². The Morgan fingerprint density at radius 1 is 1.00 bits per heavy atom. The van der Waals surface area contributed by atoms with E-state index in [1.165, 1.54) is 12.1 Å². The van der Waals surface area contributed by atoms with Crippen molar-refractivity contribution in [3.05, 3.63) is 47.5 Å². The van der Waals surface area contributed by atoms with E-state index in [-0.39, 0.29) is 23.3 Å². The van der Waals surface area contributed by atoms with Crippen molar-refractivity contribution < 1.29 is 24.5 Å². The fourth-order valence-electron chi connectivity index (χ4n) is 2.68. The number of hydrogen-bond donors (Lipinski definition) is 3. The second kappa shape index (κ2) is 8.99. The first kappa shape index (κ1) is 19.4. The molecule has 0 saturated carbocycles. The van der Waals surface area contributed by atoms with Crippen LogP contribution in [0.1, 0.15) is 18.1 Å². The van der Waals surface area contributed by atoms with Crippen LogP contribution in [0.4, 0.5) is 0 Å². The Bertz CT molecular complexity index is 760. The van der Waals surface area contributed by atoms with Gasteiger partial charge in [-0.2, -0.15) is 0 Å². The molecule has 0 radical (unpaired) electrons. The molecule has 2 aromatic rings. The van der Waals surface area contributed by atoms with Gasteiger partial charge in [-0.1, -0.05) is 19.1 Å². The molecule has 0 aromatic heterocycles. The zero-order valence-electron chi connectivity index (χ0n) is 15.3. The fraction of sp³-hybridized carbons (Fsp3) is 0.350. The van der Waals surface area contributed by atoms with Crippen LogP contribution in [0.15, 0.2) is 36.4 Å². The van der Waals surface area contributed by atoms with Crippen LogP contribution in [-0.2, 0) is 17.6 Å². The molecule has 2 rings (SSSR count). The number of ether oxygens (including phenoxy) is 2. The molecule has 0 heterocycles. The van der Waals surface area contributed by atoms with Crippen molar-refractivity contribution in [1.29, 1.82) is 0 Å². The summed E-state index contributed by atoms with van der Waals surface area (Å²) in [6.07, 6.45) is 1.16. The molecule has 1 atom stereocenters. The minimum absolute atomic E-state index is 0.0574. The summed E-state index contributed by atoms with van der Waals surface area (Å²) in [6, 6.07) is 10.3. The Balaban J connectivity index is 1.85. The standard InChI is InChI=1S/C20H25NO5/c1-13(10-15-4-6-16(22)17(23)11-15)20(24)21-9-8-14-5-7-18(25-2)19(12-14)26-3/h4-7,11-13,22-23H,8-10H2,1-3H3,(H,21,24). The summed E-state index contributed by atoms with van der Waals surface area (Å²) >= 11 is 0. The number of phenolic OH excluding ortho intramolecular Hbond substituents is 2. The van der Waals surface area contributed by atoms with E-state index in [0.29, 0.717) is 30.9 Å². The highest BCUT2D eigenvalue weighted by Gasteiger charge is 2.14. The molecule has 0 aliphatic carbocycles. The molecule has 0 saturated heterocycles. The van der Waals surface area contributed by atoms with E-state index in [2.05, 4.69) is 5.32 Å². The Hall–Kier alpha value is -2.89. The maximum atomic E-state index is 12.2. The van der Waals surface area contributed by atoms with E-state index in [0.717, 1.165) is 11.1 Å². The number of rotatable bonds is 8. The SMILES string of the molecule is COc1ccc(CCNC(=O)C(C)Cc2ccc(O)c(O)c2)cc1OC. The maximum absolute atomic E-state index is 12.2. The second-order valence-electron chi connectivity index (χ2n) is 6.16. The topological polar surface area (TPSA) is 88.0 Å². The molecule has 26 heavy (non-hydrogen) atoms. The van der Waals surface area contributed by atoms with Gasteiger partial charge in [0, 0.05) is 12.5 Å². The lowest BCUT2D eigenvalue weighted by molar-refractivity contribution is -0.124. The van der Waals surface area contributed by atoms with Gasteiger partial charge < -0.3 is 25.0 Å². The van der Waals surface area contributed by atoms with Crippen LogP contribution in [0.25, 0.3) is 0 Å². The molecule has 0 fully saturated rings. The van der Waals surface area contributed by atoms with E-state index in [1.54, 1.807) is 20.3 Å². The minimum atomic E-state index is -0.246. The van der Waals surface area contributed by atoms with Gasteiger partial charge in [-0.25, -0.2) is 0 Å². The van der Waals surface area contributed by atoms with Crippen molar-refractivity contribution in [1.82, 2.24) is 5.32 Å². The van der Waals surface area contributed by atoms with Crippen LogP contribution in [0, 0.1) is 5.92 Å². The third kappa shape index (κ3) is 5.05. The third-order valence-corrected chi connectivity index (χ3v) is 4.19. The number of phenols is 2. The molecule has 140 valence electrons. The Labute approximate surface area is 153 Å². The number of aromatic hydroxyl groups is 2. The van der Waals surface area contributed by atoms with Crippen molar-refractivity contribution in [3.8, 4) is 23.0 Å². The lowest BCUT2D eigenvalue weighted by atomic mass is 10.00. The highest BCUT2D eigenvalue weighted by molar-refractivity contribution is 5.78. The first-order valence-corrected chi connectivity index (χ1v) is 8.44. The van der Waals surface area contributed by atoms with Crippen LogP contribution in [0.3, 0.4) is 0 Å². The summed E-state index contributed by atoms with van der Waals surface area (Å²) in [7, 11) is 3.18. The van der Waals surface area contributed by atoms with E-state index >= 15 is 0 Å². The van der Waals surface area contributed by atoms with Crippen molar-refractivity contribution >= 4 is 5.91 Å². The van der Waals surface area contributed by atoms with Gasteiger partial charge in [-0.05, 0) is 48.2 Å². The quantitative estimate of drug-likeness (QED) is 0.631. The summed E-state index contributed by atoms with van der Waals surface area (Å²) in [4.78, 5) is 12.2. The lowest BCUT2D eigenvalue weighted by Gasteiger charge is -2.13. The van der Waals surface area contributed by atoms with Crippen LogP contribution in [0.2, 0.25) is 0 Å². The predicted octanol–water partition coefficient (Wildman–Crippen LogP) is 2.65. The normalized spacial score (nSPS) is 11.7. The molecular formula is C20H25NO5. The van der Waals surface area contributed by atoms with Gasteiger partial charge in [-0.3, -0.25) is 4.79 Å². The zero-order valence-corrected chi connectivity index (χ0v) is 15.3. The number of carbonyl (C=O) groups is 1. The van der Waals surface area contributed by atoms with Gasteiger partial charge in [0.05, 0.1) is 14.2 Å². The largest absolute Gasteiger partial charge is 0.504 e. The number of hydrogen-bond acceptors (Lipinski definition) is 5. The second-order valence-corrected chi connectivity index (χ2v) is 6.16. The van der Waals surface area contributed by atoms with Crippen molar-refractivity contribution in [3.63, 3.8) is 0 Å². The summed E-state index contributed by atoms with van der Waals surface area (Å²) in [5.74, 6) is 0.689. The van der Waals surface area contributed by atoms with Crippen molar-refractivity contribution in [2.24, 2.45) is 5.92 Å². The number of nitrogens with one attached hydrogen (secondary N) is 1. The average Bonchev–Trinajstić information content (AvgIpc) is 2.64. The van der Waals surface area contributed by atoms with Gasteiger partial charge in [0.25, 0.3) is 0 Å². The Morgan fingerprint density at radius 3 is 2.35 bits per heavy atom. The first-order valence-electron chi connectivity index (χ1n) is 8.44. The molecular weight excluding hydrogens is 334 g/mol. The third-order valence-electron chi connectivity index (χ3n) is 4.19. The highest BCUT2D eigenvalue weighted by Crippen LogP contribution is 2.28. The Kier molecular flexibility index (Phi) is 6.72. The minimum Gasteiger partial charge on any atom is -0.504 e. The van der Waals surface area contributed by atoms with Crippen LogP contribution >= 0.6 is 0 Å². The van der Waals surface area contributed by atoms with Crippen LogP contribution in [-0.4, -0.2) is 36.9 Å². The summed E-state index contributed by atoms with van der Waals surface area (Å²) in [6.45, 7) is 2.34. The first-order chi connectivity index (χ1) is 12.4. The van der Waals surface area contributed by atoms with E-state index in [9.17, 15) is 15.0 Å². The lowest BCUT2D eigenvalue weighted by Crippen LogP contribution is -2.31. The smallest absolute Gasteiger partial charge is 0.223 e. The van der Waals surface area contributed by atoms with Gasteiger partial charge in [-0.15, -0.1) is 0 Å². The molecule has 1 amide bonds. The van der Waals surface area contributed by atoms with Gasteiger partial charge in [0.1, 0.15) is 0 Å². The van der Waals surface area contributed by atoms with Gasteiger partial charge in [0.15, 0.2) is 23.0 Å². The fourth-order valence-corrected chi connectivity index (χ4v) is 2.68. The van der Waals surface area contributed by atoms with E-state index in [1.807, 2.05) is 25.1 Å². The molecule has 2 aromatic carbocycles. The summed E-state index contributed by atoms with van der Waals surface area (Å²) < 4.78 is 10.5. The summed E-state index contributed by atoms with van der Waals surface area (Å²) in [5.41, 5.74) is 1.84. The highest BCUT2D eigenvalue weighted by atomic mass is 16.5. The molecule has 6 heteroatoms. The summed E-state index contributed by atoms with van der Waals surface area (Å²) in [5, 5.41) is 21.8. The van der Waals surface area contributed by atoms with E-state index < -0.39 is 0 Å². The molecule has 1 unspecified atom stereocenters. The van der Waals surface area contributed by atoms with Gasteiger partial charge in [0.2, 0.25) is 5.91 Å². The molecule has 0 bridgehead atoms. The van der Waals surface area contributed by atoms with Crippen LogP contribution in [0.5, 0.6) is 23.0 Å². The average molecular weight is 359 g/mol. The Morgan fingerprint density at radius 2 is 1.69 bits per heavy atom. The monoisotopic (exact) mass is 359 g/mol. The number of methoxy groups -OCH3 is 2. The molecule has 6 nitrogen and oxygen atoms in total. The number of benzene rings is 2. The number of carbonyl (C=O) groups excluding carboxylic acids is 1. The molecule has 0 aliphatic heterocycles. The molecule has 0 spiro atoms. The molecule has 3 N–H and O–H groups in total. The maximum Gasteiger partial charge on any atom is 0.223 e. The van der Waals surface area contributed by atoms with Gasteiger partial charge >= 0.3 is 0 Å². The number of amides is 1.